The van der Waals surface area contributed by atoms with E-state index in [-0.39, 0.29) is 11.6 Å². The summed E-state index contributed by atoms with van der Waals surface area (Å²) < 4.78 is 38.5. The second-order valence-electron chi connectivity index (χ2n) is 4.09. The number of aromatic nitrogens is 1. The van der Waals surface area contributed by atoms with Gasteiger partial charge in [0.1, 0.15) is 4.88 Å². The smallest absolute Gasteiger partial charge is 0.245 e. The van der Waals surface area contributed by atoms with Crippen molar-refractivity contribution < 1.29 is 13.2 Å². The maximum Gasteiger partial charge on any atom is 0.427 e. The maximum absolute atomic E-state index is 12.8. The monoisotopic (exact) mass is 259 g/mol. The third-order valence-corrected chi connectivity index (χ3v) is 3.69. The number of allylic oxidation sites excluding steroid dienone is 4. The second-order valence-corrected chi connectivity index (χ2v) is 5.30. The van der Waals surface area contributed by atoms with Crippen LogP contribution in [0.5, 0.6) is 0 Å². The highest BCUT2D eigenvalue weighted by molar-refractivity contribution is 7.11. The zero-order chi connectivity index (χ0) is 12.6. The average molecular weight is 259 g/mol. The Morgan fingerprint density at radius 2 is 2.06 bits per heavy atom. The highest BCUT2D eigenvalue weighted by atomic mass is 32.1. The molecule has 5 heteroatoms. The fourth-order valence-electron chi connectivity index (χ4n) is 1.83. The highest BCUT2D eigenvalue weighted by Gasteiger charge is 2.38. The van der Waals surface area contributed by atoms with Crippen molar-refractivity contribution in [3.63, 3.8) is 0 Å². The SMILES string of the molecule is CC1=CCC(c2nc(C)sc2C(F)(F)F)C=C1. The molecule has 1 aromatic rings. The van der Waals surface area contributed by atoms with E-state index in [1.54, 1.807) is 13.0 Å². The molecule has 0 amide bonds. The summed E-state index contributed by atoms with van der Waals surface area (Å²) in [4.78, 5) is 3.49. The van der Waals surface area contributed by atoms with Crippen LogP contribution in [0, 0.1) is 6.92 Å². The van der Waals surface area contributed by atoms with Gasteiger partial charge in [-0.05, 0) is 20.3 Å². The van der Waals surface area contributed by atoms with E-state index in [2.05, 4.69) is 4.98 Å². The summed E-state index contributed by atoms with van der Waals surface area (Å²) in [6.45, 7) is 3.54. The Bertz CT molecular complexity index is 482. The van der Waals surface area contributed by atoms with Gasteiger partial charge >= 0.3 is 6.18 Å². The molecule has 1 nitrogen and oxygen atoms in total. The summed E-state index contributed by atoms with van der Waals surface area (Å²) in [5, 5.41) is 0.465. The van der Waals surface area contributed by atoms with Crippen molar-refractivity contribution in [3.05, 3.63) is 39.4 Å². The lowest BCUT2D eigenvalue weighted by Gasteiger charge is -2.15. The molecule has 1 atom stereocenters. The van der Waals surface area contributed by atoms with E-state index in [1.807, 2.05) is 19.1 Å². The highest BCUT2D eigenvalue weighted by Crippen LogP contribution is 2.41. The van der Waals surface area contributed by atoms with Crippen molar-refractivity contribution in [2.24, 2.45) is 0 Å². The Balaban J connectivity index is 2.37. The molecule has 92 valence electrons. The first-order valence-corrected chi connectivity index (χ1v) is 6.09. The largest absolute Gasteiger partial charge is 0.427 e. The first-order chi connectivity index (χ1) is 7.88. The quantitative estimate of drug-likeness (QED) is 0.725. The lowest BCUT2D eigenvalue weighted by molar-refractivity contribution is -0.135. The standard InChI is InChI=1S/C12H12F3NS/c1-7-3-5-9(6-4-7)10-11(12(13,14)15)17-8(2)16-10/h3-5,9H,6H2,1-2H3. The van der Waals surface area contributed by atoms with Gasteiger partial charge in [-0.25, -0.2) is 4.98 Å². The molecule has 1 aliphatic carbocycles. The molecule has 1 aliphatic rings. The van der Waals surface area contributed by atoms with Crippen LogP contribution >= 0.6 is 11.3 Å². The number of alkyl halides is 3. The van der Waals surface area contributed by atoms with Gasteiger partial charge in [-0.2, -0.15) is 13.2 Å². The zero-order valence-electron chi connectivity index (χ0n) is 9.51. The molecule has 0 aromatic carbocycles. The molecule has 0 spiro atoms. The van der Waals surface area contributed by atoms with Crippen LogP contribution < -0.4 is 0 Å². The van der Waals surface area contributed by atoms with E-state index in [4.69, 9.17) is 0 Å². The van der Waals surface area contributed by atoms with Crippen molar-refractivity contribution in [2.45, 2.75) is 32.4 Å². The molecule has 17 heavy (non-hydrogen) atoms. The Kier molecular flexibility index (Phi) is 3.12. The van der Waals surface area contributed by atoms with Crippen LogP contribution in [0.1, 0.15) is 34.8 Å². The predicted octanol–water partition coefficient (Wildman–Crippen LogP) is 4.46. The van der Waals surface area contributed by atoms with Gasteiger partial charge in [0.2, 0.25) is 0 Å². The molecule has 1 unspecified atom stereocenters. The van der Waals surface area contributed by atoms with Gasteiger partial charge in [0.05, 0.1) is 10.7 Å². The van der Waals surface area contributed by atoms with E-state index < -0.39 is 11.1 Å². The first-order valence-electron chi connectivity index (χ1n) is 5.27. The van der Waals surface area contributed by atoms with Crippen molar-refractivity contribution in [3.8, 4) is 0 Å². The number of hydrogen-bond donors (Lipinski definition) is 0. The van der Waals surface area contributed by atoms with Gasteiger partial charge in [0.15, 0.2) is 0 Å². The Morgan fingerprint density at radius 3 is 2.59 bits per heavy atom. The van der Waals surface area contributed by atoms with Crippen LogP contribution in [0.2, 0.25) is 0 Å². The molecule has 0 N–H and O–H groups in total. The van der Waals surface area contributed by atoms with Gasteiger partial charge in [0.25, 0.3) is 0 Å². The molecular formula is C12H12F3NS. The lowest BCUT2D eigenvalue weighted by Crippen LogP contribution is -2.09. The number of hydrogen-bond acceptors (Lipinski definition) is 2. The van der Waals surface area contributed by atoms with E-state index in [1.165, 1.54) is 0 Å². The van der Waals surface area contributed by atoms with E-state index in [9.17, 15) is 13.2 Å². The first kappa shape index (κ1) is 12.4. The van der Waals surface area contributed by atoms with Crippen molar-refractivity contribution in [1.82, 2.24) is 4.98 Å². The minimum absolute atomic E-state index is 0.167. The molecule has 0 fully saturated rings. The van der Waals surface area contributed by atoms with Crippen LogP contribution in [0.3, 0.4) is 0 Å². The number of nitrogens with zero attached hydrogens (tertiary/aromatic N) is 1. The third-order valence-electron chi connectivity index (χ3n) is 2.65. The summed E-state index contributed by atoms with van der Waals surface area (Å²) >= 11 is 0.725. The van der Waals surface area contributed by atoms with Gasteiger partial charge in [-0.3, -0.25) is 0 Å². The minimum atomic E-state index is -4.30. The molecule has 1 aromatic heterocycles. The summed E-state index contributed by atoms with van der Waals surface area (Å²) in [5.41, 5.74) is 1.25. The van der Waals surface area contributed by atoms with Crippen molar-refractivity contribution in [1.29, 1.82) is 0 Å². The van der Waals surface area contributed by atoms with Crippen molar-refractivity contribution in [2.75, 3.05) is 0 Å². The fourth-order valence-corrected chi connectivity index (χ4v) is 2.68. The summed E-state index contributed by atoms with van der Waals surface area (Å²) in [6.07, 6.45) is 1.89. The zero-order valence-corrected chi connectivity index (χ0v) is 10.3. The molecular weight excluding hydrogens is 247 g/mol. The fraction of sp³-hybridized carbons (Fsp3) is 0.417. The number of aryl methyl sites for hydroxylation is 1. The maximum atomic E-state index is 12.8. The number of halogens is 3. The van der Waals surface area contributed by atoms with Crippen molar-refractivity contribution >= 4 is 11.3 Å². The lowest BCUT2D eigenvalue weighted by atomic mass is 9.93. The summed E-state index contributed by atoms with van der Waals surface area (Å²) in [5.74, 6) is -0.250. The number of thiazole rings is 1. The average Bonchev–Trinajstić information content (AvgIpc) is 2.61. The molecule has 2 rings (SSSR count). The van der Waals surface area contributed by atoms with E-state index >= 15 is 0 Å². The van der Waals surface area contributed by atoms with E-state index in [0.717, 1.165) is 16.9 Å². The molecule has 0 radical (unpaired) electrons. The normalized spacial score (nSPS) is 20.5. The van der Waals surface area contributed by atoms with Gasteiger partial charge in [-0.1, -0.05) is 23.8 Å². The van der Waals surface area contributed by atoms with Gasteiger partial charge in [0, 0.05) is 5.92 Å². The van der Waals surface area contributed by atoms with Crippen LogP contribution in [-0.2, 0) is 6.18 Å². The minimum Gasteiger partial charge on any atom is -0.245 e. The molecule has 0 bridgehead atoms. The molecule has 0 aliphatic heterocycles. The predicted molar refractivity (Wildman–Crippen MR) is 62.1 cm³/mol. The third kappa shape index (κ3) is 2.60. The topological polar surface area (TPSA) is 12.9 Å². The summed E-state index contributed by atoms with van der Waals surface area (Å²) in [6, 6.07) is 0. The van der Waals surface area contributed by atoms with Crippen LogP contribution in [0.15, 0.2) is 23.8 Å². The van der Waals surface area contributed by atoms with Gasteiger partial charge < -0.3 is 0 Å². The Hall–Kier alpha value is -1.10. The van der Waals surface area contributed by atoms with Crippen LogP contribution in [-0.4, -0.2) is 4.98 Å². The second kappa shape index (κ2) is 4.29. The van der Waals surface area contributed by atoms with Crippen LogP contribution in [0.25, 0.3) is 0 Å². The summed E-state index contributed by atoms with van der Waals surface area (Å²) in [7, 11) is 0. The molecule has 0 saturated heterocycles. The van der Waals surface area contributed by atoms with E-state index in [0.29, 0.717) is 11.4 Å². The van der Waals surface area contributed by atoms with Crippen LogP contribution in [0.4, 0.5) is 13.2 Å². The Labute approximate surface area is 102 Å². The molecule has 1 heterocycles. The Morgan fingerprint density at radius 1 is 1.35 bits per heavy atom. The molecule has 0 saturated carbocycles. The number of rotatable bonds is 1. The van der Waals surface area contributed by atoms with Gasteiger partial charge in [-0.15, -0.1) is 11.3 Å².